The fourth-order valence-electron chi connectivity index (χ4n) is 1.39. The van der Waals surface area contributed by atoms with Crippen LogP contribution in [0.15, 0.2) is 0 Å². The summed E-state index contributed by atoms with van der Waals surface area (Å²) in [6, 6.07) is 0.148. The Labute approximate surface area is 75.9 Å². The van der Waals surface area contributed by atoms with Gasteiger partial charge in [0.2, 0.25) is 0 Å². The Bertz CT molecular complexity index is 132. The third-order valence-corrected chi connectivity index (χ3v) is 2.05. The van der Waals surface area contributed by atoms with Crippen molar-refractivity contribution < 1.29 is 4.79 Å². The van der Waals surface area contributed by atoms with Crippen LogP contribution >= 0.6 is 0 Å². The third kappa shape index (κ3) is 3.86. The highest BCUT2D eigenvalue weighted by Gasteiger charge is 2.17. The molecular formula is C10H21NO. The average molecular weight is 171 g/mol. The van der Waals surface area contributed by atoms with Gasteiger partial charge in [0.05, 0.1) is 6.04 Å². The Morgan fingerprint density at radius 3 is 2.17 bits per heavy atom. The smallest absolute Gasteiger partial charge is 0.149 e. The summed E-state index contributed by atoms with van der Waals surface area (Å²) in [6.07, 6.45) is 3.76. The first-order valence-corrected chi connectivity index (χ1v) is 4.82. The van der Waals surface area contributed by atoms with Crippen molar-refractivity contribution in [3.63, 3.8) is 0 Å². The van der Waals surface area contributed by atoms with Gasteiger partial charge in [-0.05, 0) is 26.9 Å². The quantitative estimate of drug-likeness (QED) is 0.610. The molecule has 12 heavy (non-hydrogen) atoms. The molecule has 0 saturated heterocycles. The van der Waals surface area contributed by atoms with Gasteiger partial charge in [0.1, 0.15) is 5.78 Å². The van der Waals surface area contributed by atoms with Crippen LogP contribution < -0.4 is 0 Å². The predicted molar refractivity (Wildman–Crippen MR) is 52.3 cm³/mol. The SMILES string of the molecule is CCCC(=O)C(CCC)N(C)C. The molecule has 72 valence electrons. The van der Waals surface area contributed by atoms with E-state index in [0.717, 1.165) is 25.7 Å². The van der Waals surface area contributed by atoms with E-state index in [1.165, 1.54) is 0 Å². The van der Waals surface area contributed by atoms with E-state index in [0.29, 0.717) is 5.78 Å². The first kappa shape index (κ1) is 11.6. The maximum Gasteiger partial charge on any atom is 0.149 e. The van der Waals surface area contributed by atoms with Crippen molar-refractivity contribution in [3.05, 3.63) is 0 Å². The minimum atomic E-state index is 0.148. The monoisotopic (exact) mass is 171 g/mol. The van der Waals surface area contributed by atoms with Gasteiger partial charge in [0, 0.05) is 6.42 Å². The van der Waals surface area contributed by atoms with E-state index in [9.17, 15) is 4.79 Å². The average Bonchev–Trinajstić information content (AvgIpc) is 1.99. The standard InChI is InChI=1S/C10H21NO/c1-5-7-9(11(3)4)10(12)8-6-2/h9H,5-8H2,1-4H3. The number of carbonyl (C=O) groups excluding carboxylic acids is 1. The number of nitrogens with zero attached hydrogens (tertiary/aromatic N) is 1. The van der Waals surface area contributed by atoms with Crippen molar-refractivity contribution in [2.45, 2.75) is 45.6 Å². The molecule has 0 aromatic carbocycles. The van der Waals surface area contributed by atoms with Crippen LogP contribution in [0.4, 0.5) is 0 Å². The molecular weight excluding hydrogens is 150 g/mol. The molecule has 0 bridgehead atoms. The lowest BCUT2D eigenvalue weighted by atomic mass is 10.0. The summed E-state index contributed by atoms with van der Waals surface area (Å²) in [5, 5.41) is 0. The van der Waals surface area contributed by atoms with Gasteiger partial charge >= 0.3 is 0 Å². The van der Waals surface area contributed by atoms with Crippen LogP contribution in [0, 0.1) is 0 Å². The molecule has 1 unspecified atom stereocenters. The van der Waals surface area contributed by atoms with E-state index in [1.54, 1.807) is 0 Å². The summed E-state index contributed by atoms with van der Waals surface area (Å²) >= 11 is 0. The van der Waals surface area contributed by atoms with Crippen LogP contribution in [0.1, 0.15) is 39.5 Å². The largest absolute Gasteiger partial charge is 0.300 e. The number of Topliss-reactive ketones (excluding diaryl/α,β-unsaturated/α-hetero) is 1. The molecule has 2 nitrogen and oxygen atoms in total. The van der Waals surface area contributed by atoms with Gasteiger partial charge in [-0.1, -0.05) is 20.3 Å². The van der Waals surface area contributed by atoms with Gasteiger partial charge in [-0.25, -0.2) is 0 Å². The first-order valence-electron chi connectivity index (χ1n) is 4.82. The number of rotatable bonds is 6. The Hall–Kier alpha value is -0.370. The van der Waals surface area contributed by atoms with Crippen molar-refractivity contribution in [2.75, 3.05) is 14.1 Å². The third-order valence-electron chi connectivity index (χ3n) is 2.05. The Balaban J connectivity index is 4.00. The number of likely N-dealkylation sites (N-methyl/N-ethyl adjacent to an activating group) is 1. The zero-order chi connectivity index (χ0) is 9.56. The van der Waals surface area contributed by atoms with Crippen LogP contribution in [0.25, 0.3) is 0 Å². The van der Waals surface area contributed by atoms with Crippen LogP contribution in [0.2, 0.25) is 0 Å². The molecule has 0 aliphatic heterocycles. The predicted octanol–water partition coefficient (Wildman–Crippen LogP) is 2.09. The summed E-state index contributed by atoms with van der Waals surface area (Å²) in [6.45, 7) is 4.17. The normalized spacial score (nSPS) is 13.4. The number of ketones is 1. The van der Waals surface area contributed by atoms with Crippen molar-refractivity contribution in [1.29, 1.82) is 0 Å². The topological polar surface area (TPSA) is 20.3 Å². The highest BCUT2D eigenvalue weighted by Crippen LogP contribution is 2.07. The van der Waals surface area contributed by atoms with Crippen molar-refractivity contribution >= 4 is 5.78 Å². The molecule has 0 aliphatic carbocycles. The lowest BCUT2D eigenvalue weighted by Crippen LogP contribution is -2.35. The molecule has 0 fully saturated rings. The molecule has 0 aromatic rings. The Morgan fingerprint density at radius 1 is 1.25 bits per heavy atom. The van der Waals surface area contributed by atoms with E-state index in [1.807, 2.05) is 19.0 Å². The molecule has 0 heterocycles. The lowest BCUT2D eigenvalue weighted by molar-refractivity contribution is -0.123. The summed E-state index contributed by atoms with van der Waals surface area (Å²) in [4.78, 5) is 13.6. The highest BCUT2D eigenvalue weighted by atomic mass is 16.1. The van der Waals surface area contributed by atoms with Crippen LogP contribution in [-0.2, 0) is 4.79 Å². The van der Waals surface area contributed by atoms with Gasteiger partial charge in [-0.2, -0.15) is 0 Å². The molecule has 0 aromatic heterocycles. The van der Waals surface area contributed by atoms with Crippen LogP contribution in [-0.4, -0.2) is 30.8 Å². The Kier molecular flexibility index (Phi) is 5.99. The molecule has 0 aliphatic rings. The molecule has 0 rings (SSSR count). The fraction of sp³-hybridized carbons (Fsp3) is 0.900. The van der Waals surface area contributed by atoms with Gasteiger partial charge < -0.3 is 0 Å². The van der Waals surface area contributed by atoms with Crippen molar-refractivity contribution in [2.24, 2.45) is 0 Å². The van der Waals surface area contributed by atoms with Gasteiger partial charge in [0.15, 0.2) is 0 Å². The zero-order valence-corrected chi connectivity index (χ0v) is 8.76. The number of carbonyl (C=O) groups is 1. The summed E-state index contributed by atoms with van der Waals surface area (Å²) in [5.74, 6) is 0.393. The molecule has 0 radical (unpaired) electrons. The second-order valence-electron chi connectivity index (χ2n) is 3.48. The fourth-order valence-corrected chi connectivity index (χ4v) is 1.39. The van der Waals surface area contributed by atoms with E-state index in [2.05, 4.69) is 13.8 Å². The minimum absolute atomic E-state index is 0.148. The molecule has 0 saturated carbocycles. The molecule has 0 N–H and O–H groups in total. The minimum Gasteiger partial charge on any atom is -0.300 e. The highest BCUT2D eigenvalue weighted by molar-refractivity contribution is 5.83. The summed E-state index contributed by atoms with van der Waals surface area (Å²) < 4.78 is 0. The lowest BCUT2D eigenvalue weighted by Gasteiger charge is -2.22. The zero-order valence-electron chi connectivity index (χ0n) is 8.76. The molecule has 0 amide bonds. The van der Waals surface area contributed by atoms with E-state index in [4.69, 9.17) is 0 Å². The second kappa shape index (κ2) is 6.18. The van der Waals surface area contributed by atoms with E-state index in [-0.39, 0.29) is 6.04 Å². The van der Waals surface area contributed by atoms with Gasteiger partial charge in [-0.3, -0.25) is 9.69 Å². The van der Waals surface area contributed by atoms with E-state index >= 15 is 0 Å². The Morgan fingerprint density at radius 2 is 1.83 bits per heavy atom. The number of hydrogen-bond donors (Lipinski definition) is 0. The molecule has 1 atom stereocenters. The molecule has 0 spiro atoms. The maximum atomic E-state index is 11.5. The maximum absolute atomic E-state index is 11.5. The van der Waals surface area contributed by atoms with Gasteiger partial charge in [-0.15, -0.1) is 0 Å². The van der Waals surface area contributed by atoms with E-state index < -0.39 is 0 Å². The second-order valence-corrected chi connectivity index (χ2v) is 3.48. The van der Waals surface area contributed by atoms with Gasteiger partial charge in [0.25, 0.3) is 0 Å². The summed E-state index contributed by atoms with van der Waals surface area (Å²) in [7, 11) is 3.96. The van der Waals surface area contributed by atoms with Crippen molar-refractivity contribution in [3.8, 4) is 0 Å². The van der Waals surface area contributed by atoms with Crippen LogP contribution in [0.5, 0.6) is 0 Å². The molecule has 2 heteroatoms. The van der Waals surface area contributed by atoms with Crippen LogP contribution in [0.3, 0.4) is 0 Å². The first-order chi connectivity index (χ1) is 5.63. The number of hydrogen-bond acceptors (Lipinski definition) is 2. The van der Waals surface area contributed by atoms with Crippen molar-refractivity contribution in [1.82, 2.24) is 4.90 Å². The summed E-state index contributed by atoms with van der Waals surface area (Å²) in [5.41, 5.74) is 0.